The fourth-order valence-corrected chi connectivity index (χ4v) is 5.72. The van der Waals surface area contributed by atoms with Crippen LogP contribution in [0.5, 0.6) is 5.88 Å². The van der Waals surface area contributed by atoms with Gasteiger partial charge >= 0.3 is 0 Å². The fraction of sp³-hybridized carbons (Fsp3) is 0.519. The Balaban J connectivity index is 1.51. The van der Waals surface area contributed by atoms with Crippen LogP contribution in [-0.4, -0.2) is 69.3 Å². The molecule has 1 aliphatic carbocycles. The van der Waals surface area contributed by atoms with Crippen molar-refractivity contribution in [3.05, 3.63) is 42.1 Å². The van der Waals surface area contributed by atoms with E-state index in [1.807, 2.05) is 30.0 Å². The molecule has 3 fully saturated rings. The van der Waals surface area contributed by atoms with E-state index in [4.69, 9.17) is 22.4 Å². The first-order chi connectivity index (χ1) is 17.3. The summed E-state index contributed by atoms with van der Waals surface area (Å²) >= 11 is 5.83. The number of nitriles is 1. The second-order valence-corrected chi connectivity index (χ2v) is 10.3. The molecule has 1 amide bonds. The van der Waals surface area contributed by atoms with E-state index >= 15 is 0 Å². The highest BCUT2D eigenvalue weighted by Gasteiger charge is 2.60. The first-order valence-electron chi connectivity index (χ1n) is 12.6. The molecule has 1 N–H and O–H groups in total. The third-order valence-electron chi connectivity index (χ3n) is 7.66. The van der Waals surface area contributed by atoms with Crippen LogP contribution in [0.3, 0.4) is 0 Å². The number of carbonyl (C=O) groups excluding carboxylic acids is 1. The molecule has 2 saturated heterocycles. The zero-order valence-corrected chi connectivity index (χ0v) is 21.9. The molecule has 3 heterocycles. The van der Waals surface area contributed by atoms with E-state index in [0.717, 1.165) is 50.2 Å². The Morgan fingerprint density at radius 1 is 1.39 bits per heavy atom. The summed E-state index contributed by atoms with van der Waals surface area (Å²) in [5.41, 5.74) is 1.48. The van der Waals surface area contributed by atoms with Crippen LogP contribution >= 0.6 is 12.2 Å². The van der Waals surface area contributed by atoms with E-state index in [9.17, 15) is 10.1 Å². The van der Waals surface area contributed by atoms with Gasteiger partial charge in [0.25, 0.3) is 5.91 Å². The highest BCUT2D eigenvalue weighted by atomic mass is 32.1. The predicted molar refractivity (Wildman–Crippen MR) is 144 cm³/mol. The van der Waals surface area contributed by atoms with Gasteiger partial charge in [-0.25, -0.2) is 4.98 Å². The number of carbonyl (C=O) groups is 1. The topological polar surface area (TPSA) is 96.5 Å². The molecule has 3 aliphatic rings. The van der Waals surface area contributed by atoms with Gasteiger partial charge in [0.15, 0.2) is 5.11 Å². The van der Waals surface area contributed by atoms with Crippen LogP contribution in [0.4, 0.5) is 5.69 Å². The number of hydrogen-bond acceptors (Lipinski definition) is 7. The predicted octanol–water partition coefficient (Wildman–Crippen LogP) is 4.24. The molecule has 0 radical (unpaired) electrons. The van der Waals surface area contributed by atoms with Crippen molar-refractivity contribution in [3.8, 4) is 11.9 Å². The molecule has 8 nitrogen and oxygen atoms in total. The summed E-state index contributed by atoms with van der Waals surface area (Å²) in [6.07, 6.45) is 9.71. The maximum Gasteiger partial charge on any atom is 0.255 e. The van der Waals surface area contributed by atoms with Crippen LogP contribution in [-0.2, 0) is 4.79 Å². The van der Waals surface area contributed by atoms with Gasteiger partial charge in [-0.3, -0.25) is 14.6 Å². The number of thiocarbonyl (C=S) groups is 1. The Morgan fingerprint density at radius 3 is 2.64 bits per heavy atom. The third kappa shape index (κ3) is 4.80. The van der Waals surface area contributed by atoms with Crippen molar-refractivity contribution < 1.29 is 9.53 Å². The molecule has 1 unspecified atom stereocenters. The van der Waals surface area contributed by atoms with Crippen LogP contribution in [0.25, 0.3) is 0 Å². The first kappa shape index (κ1) is 26.0. The number of piperidine rings is 1. The molecule has 0 aromatic carbocycles. The quantitative estimate of drug-likeness (QED) is 0.232. The number of allylic oxidation sites excluding steroid dienone is 1. The van der Waals surface area contributed by atoms with E-state index < -0.39 is 11.6 Å². The zero-order valence-electron chi connectivity index (χ0n) is 21.1. The second kappa shape index (κ2) is 10.9. The molecule has 2 aliphatic heterocycles. The van der Waals surface area contributed by atoms with Crippen LogP contribution in [0, 0.1) is 16.7 Å². The molecule has 9 heteroatoms. The number of hydrogen-bond donors (Lipinski definition) is 1. The third-order valence-corrected chi connectivity index (χ3v) is 8.04. The highest BCUT2D eigenvalue weighted by molar-refractivity contribution is 7.80. The molecular weight excluding hydrogens is 472 g/mol. The maximum atomic E-state index is 13.7. The van der Waals surface area contributed by atoms with E-state index in [1.54, 1.807) is 18.0 Å². The molecule has 1 aromatic heterocycles. The van der Waals surface area contributed by atoms with Gasteiger partial charge in [-0.1, -0.05) is 11.6 Å². The smallest absolute Gasteiger partial charge is 0.255 e. The largest absolute Gasteiger partial charge is 0.474 e. The number of anilines is 1. The lowest BCUT2D eigenvalue weighted by Crippen LogP contribution is -2.55. The molecule has 1 saturated carbocycles. The summed E-state index contributed by atoms with van der Waals surface area (Å²) in [6.45, 7) is 10.3. The number of pyridine rings is 1. The number of likely N-dealkylation sites (tertiary alicyclic amines) is 1. The normalized spacial score (nSPS) is 21.6. The Morgan fingerprint density at radius 2 is 2.11 bits per heavy atom. The average Bonchev–Trinajstić information content (AvgIpc) is 3.10. The van der Waals surface area contributed by atoms with E-state index in [0.29, 0.717) is 35.8 Å². The summed E-state index contributed by atoms with van der Waals surface area (Å²) in [5, 5.41) is 17.6. The highest BCUT2D eigenvalue weighted by Crippen LogP contribution is 2.47. The van der Waals surface area contributed by atoms with Crippen LogP contribution in [0.2, 0.25) is 0 Å². The number of nitrogens with one attached hydrogen (secondary N) is 1. The minimum atomic E-state index is -0.720. The molecular formula is C27H34N6O2S. The monoisotopic (exact) mass is 506 g/mol. The van der Waals surface area contributed by atoms with Crippen molar-refractivity contribution in [3.63, 3.8) is 0 Å². The lowest BCUT2D eigenvalue weighted by molar-refractivity contribution is -0.133. The Labute approximate surface area is 218 Å². The number of aromatic nitrogens is 1. The number of amides is 1. The lowest BCUT2D eigenvalue weighted by atomic mass is 9.75. The van der Waals surface area contributed by atoms with Gasteiger partial charge in [-0.2, -0.15) is 5.26 Å². The maximum absolute atomic E-state index is 13.7. The molecule has 1 spiro atoms. The molecule has 1 atom stereocenters. The van der Waals surface area contributed by atoms with Gasteiger partial charge in [0.05, 0.1) is 24.0 Å². The van der Waals surface area contributed by atoms with E-state index in [-0.39, 0.29) is 12.0 Å². The van der Waals surface area contributed by atoms with Crippen molar-refractivity contribution in [1.29, 1.82) is 10.7 Å². The van der Waals surface area contributed by atoms with Crippen molar-refractivity contribution in [2.45, 2.75) is 70.1 Å². The number of ether oxygens (including phenoxy) is 1. The Kier molecular flexibility index (Phi) is 7.86. The summed E-state index contributed by atoms with van der Waals surface area (Å²) in [4.78, 5) is 24.1. The second-order valence-electron chi connectivity index (χ2n) is 9.89. The van der Waals surface area contributed by atoms with Crippen molar-refractivity contribution in [2.24, 2.45) is 0 Å². The SMILES string of the molecule is C=CCN1CCC(Oc2ccc(N3C(=S)N(C(C=N)C/C(C)=C(\C)C#N)C(=O)C34CCC4)cn2)CC1. The van der Waals surface area contributed by atoms with Gasteiger partial charge in [0, 0.05) is 37.5 Å². The van der Waals surface area contributed by atoms with Gasteiger partial charge in [-0.05, 0) is 70.7 Å². The summed E-state index contributed by atoms with van der Waals surface area (Å²) in [6, 6.07) is 5.40. The van der Waals surface area contributed by atoms with Crippen molar-refractivity contribution in [2.75, 3.05) is 24.5 Å². The van der Waals surface area contributed by atoms with E-state index in [2.05, 4.69) is 22.5 Å². The summed E-state index contributed by atoms with van der Waals surface area (Å²) in [7, 11) is 0. The minimum Gasteiger partial charge on any atom is -0.474 e. The molecule has 1 aromatic rings. The molecule has 4 rings (SSSR count). The molecule has 0 bridgehead atoms. The van der Waals surface area contributed by atoms with Crippen molar-refractivity contribution >= 4 is 35.1 Å². The molecule has 190 valence electrons. The first-order valence-corrected chi connectivity index (χ1v) is 13.0. The number of nitrogens with zero attached hydrogens (tertiary/aromatic N) is 5. The number of rotatable bonds is 9. The fourth-order valence-electron chi connectivity index (χ4n) is 5.22. The lowest BCUT2D eigenvalue weighted by Gasteiger charge is -2.42. The molecule has 36 heavy (non-hydrogen) atoms. The Bertz CT molecular complexity index is 1100. The van der Waals surface area contributed by atoms with E-state index in [1.165, 1.54) is 6.21 Å². The van der Waals surface area contributed by atoms with Gasteiger partial charge in [0.1, 0.15) is 11.6 Å². The average molecular weight is 507 g/mol. The van der Waals surface area contributed by atoms with Crippen LogP contribution in [0.15, 0.2) is 42.1 Å². The summed E-state index contributed by atoms with van der Waals surface area (Å²) in [5.74, 6) is 0.503. The van der Waals surface area contributed by atoms with Gasteiger partial charge in [-0.15, -0.1) is 6.58 Å². The zero-order chi connectivity index (χ0) is 25.9. The van der Waals surface area contributed by atoms with Crippen LogP contribution < -0.4 is 9.64 Å². The van der Waals surface area contributed by atoms with Gasteiger partial charge < -0.3 is 15.0 Å². The Hall–Kier alpha value is -3.09. The van der Waals surface area contributed by atoms with Gasteiger partial charge in [0.2, 0.25) is 5.88 Å². The van der Waals surface area contributed by atoms with Crippen LogP contribution in [0.1, 0.15) is 52.4 Å². The minimum absolute atomic E-state index is 0.0683. The van der Waals surface area contributed by atoms with Crippen molar-refractivity contribution in [1.82, 2.24) is 14.8 Å². The standard InChI is InChI=1S/C27H34N6O2S/c1-4-12-31-13-8-23(9-14-31)35-24-7-6-21(18-30-24)33-26(36)32(25(34)27(33)10-5-11-27)22(17-29)15-19(2)20(3)16-28/h4,6-7,17-18,22-23,29H,1,5,8-15H2,2-3H3/b20-19+,29-17?. The summed E-state index contributed by atoms with van der Waals surface area (Å²) < 4.78 is 6.14.